The monoisotopic (exact) mass is 374 g/mol. The second kappa shape index (κ2) is 9.01. The molecule has 0 heterocycles. The van der Waals surface area contributed by atoms with Crippen molar-refractivity contribution in [3.63, 3.8) is 0 Å². The lowest BCUT2D eigenvalue weighted by Gasteiger charge is -2.18. The van der Waals surface area contributed by atoms with Gasteiger partial charge in [0.05, 0.1) is 18.4 Å². The van der Waals surface area contributed by atoms with Gasteiger partial charge in [0.15, 0.2) is 0 Å². The van der Waals surface area contributed by atoms with Gasteiger partial charge in [-0.25, -0.2) is 4.79 Å². The molecule has 0 aliphatic rings. The molecule has 2 aromatic carbocycles. The Morgan fingerprint density at radius 3 is 2.35 bits per heavy atom. The van der Waals surface area contributed by atoms with E-state index in [4.69, 9.17) is 16.3 Å². The van der Waals surface area contributed by atoms with Crippen LogP contribution in [0.5, 0.6) is 0 Å². The second-order valence-electron chi connectivity index (χ2n) is 5.61. The van der Waals surface area contributed by atoms with E-state index in [1.165, 1.54) is 14.0 Å². The van der Waals surface area contributed by atoms with Gasteiger partial charge >= 0.3 is 5.97 Å². The molecule has 26 heavy (non-hydrogen) atoms. The number of nitrogens with one attached hydrogen (secondary N) is 2. The van der Waals surface area contributed by atoms with Gasteiger partial charge < -0.3 is 15.4 Å². The predicted octanol–water partition coefficient (Wildman–Crippen LogP) is 2.81. The van der Waals surface area contributed by atoms with Crippen LogP contribution in [0.25, 0.3) is 0 Å². The number of methoxy groups -OCH3 is 1. The third kappa shape index (κ3) is 5.32. The molecule has 0 radical (unpaired) electrons. The van der Waals surface area contributed by atoms with Crippen molar-refractivity contribution < 1.29 is 19.1 Å². The highest BCUT2D eigenvalue weighted by molar-refractivity contribution is 6.30. The highest BCUT2D eigenvalue weighted by atomic mass is 35.5. The summed E-state index contributed by atoms with van der Waals surface area (Å²) < 4.78 is 4.79. The number of anilines is 1. The third-order valence-electron chi connectivity index (χ3n) is 3.63. The van der Waals surface area contributed by atoms with Gasteiger partial charge in [-0.1, -0.05) is 35.9 Å². The molecule has 0 fully saturated rings. The van der Waals surface area contributed by atoms with Gasteiger partial charge in [0.1, 0.15) is 6.04 Å². The fourth-order valence-electron chi connectivity index (χ4n) is 2.41. The van der Waals surface area contributed by atoms with E-state index < -0.39 is 17.9 Å². The summed E-state index contributed by atoms with van der Waals surface area (Å²) in [5, 5.41) is 5.84. The molecule has 0 bridgehead atoms. The molecule has 0 spiro atoms. The fourth-order valence-corrected chi connectivity index (χ4v) is 2.53. The van der Waals surface area contributed by atoms with E-state index in [0.717, 1.165) is 5.56 Å². The average molecular weight is 375 g/mol. The zero-order valence-corrected chi connectivity index (χ0v) is 15.2. The third-order valence-corrected chi connectivity index (χ3v) is 3.88. The van der Waals surface area contributed by atoms with E-state index >= 15 is 0 Å². The summed E-state index contributed by atoms with van der Waals surface area (Å²) in [5.41, 5.74) is 1.44. The Hall–Kier alpha value is -2.86. The zero-order chi connectivity index (χ0) is 19.1. The largest absolute Gasteiger partial charge is 0.467 e. The van der Waals surface area contributed by atoms with Crippen LogP contribution in [0.3, 0.4) is 0 Å². The lowest BCUT2D eigenvalue weighted by Crippen LogP contribution is -2.43. The van der Waals surface area contributed by atoms with Crippen LogP contribution in [-0.2, 0) is 20.7 Å². The summed E-state index contributed by atoms with van der Waals surface area (Å²) in [4.78, 5) is 36.0. The van der Waals surface area contributed by atoms with Crippen molar-refractivity contribution in [3.05, 3.63) is 64.7 Å². The summed E-state index contributed by atoms with van der Waals surface area (Å²) >= 11 is 5.87. The van der Waals surface area contributed by atoms with Crippen molar-refractivity contribution in [2.45, 2.75) is 19.4 Å². The van der Waals surface area contributed by atoms with Crippen molar-refractivity contribution in [1.29, 1.82) is 0 Å². The minimum Gasteiger partial charge on any atom is -0.467 e. The minimum absolute atomic E-state index is 0.248. The number of carbonyl (C=O) groups excluding carboxylic acids is 3. The number of amides is 2. The van der Waals surface area contributed by atoms with Gasteiger partial charge in [0.2, 0.25) is 5.91 Å². The number of esters is 1. The zero-order valence-electron chi connectivity index (χ0n) is 14.4. The Balaban J connectivity index is 2.20. The van der Waals surface area contributed by atoms with Gasteiger partial charge in [0.25, 0.3) is 5.91 Å². The van der Waals surface area contributed by atoms with Gasteiger partial charge in [-0.3, -0.25) is 9.59 Å². The molecule has 0 unspecified atom stereocenters. The fraction of sp³-hybridized carbons (Fsp3) is 0.211. The first-order chi connectivity index (χ1) is 12.4. The molecule has 2 aromatic rings. The summed E-state index contributed by atoms with van der Waals surface area (Å²) in [5.74, 6) is -1.35. The van der Waals surface area contributed by atoms with Crippen LogP contribution in [0.4, 0.5) is 5.69 Å². The molecule has 2 rings (SSSR count). The number of halogens is 1. The Morgan fingerprint density at radius 1 is 1.08 bits per heavy atom. The molecule has 7 heteroatoms. The Morgan fingerprint density at radius 2 is 1.73 bits per heavy atom. The molecule has 2 N–H and O–H groups in total. The molecule has 6 nitrogen and oxygen atoms in total. The number of rotatable bonds is 6. The van der Waals surface area contributed by atoms with Gasteiger partial charge in [-0.05, 0) is 29.8 Å². The number of hydrogen-bond donors (Lipinski definition) is 2. The normalized spacial score (nSPS) is 11.3. The van der Waals surface area contributed by atoms with Crippen molar-refractivity contribution in [1.82, 2.24) is 5.32 Å². The number of ether oxygens (including phenoxy) is 1. The molecule has 1 atom stereocenters. The first-order valence-electron chi connectivity index (χ1n) is 7.90. The quantitative estimate of drug-likeness (QED) is 0.761. The Kier molecular flexibility index (Phi) is 6.74. The van der Waals surface area contributed by atoms with Crippen LogP contribution in [0.15, 0.2) is 48.5 Å². The summed E-state index contributed by atoms with van der Waals surface area (Å²) in [6.45, 7) is 1.35. The number of carbonyl (C=O) groups is 3. The van der Waals surface area contributed by atoms with Gasteiger partial charge in [0, 0.05) is 18.4 Å². The van der Waals surface area contributed by atoms with Gasteiger partial charge in [-0.15, -0.1) is 0 Å². The first-order valence-corrected chi connectivity index (χ1v) is 8.28. The Labute approximate surface area is 156 Å². The predicted molar refractivity (Wildman–Crippen MR) is 99.2 cm³/mol. The highest BCUT2D eigenvalue weighted by Gasteiger charge is 2.24. The molecule has 0 aliphatic heterocycles. The number of benzene rings is 2. The van der Waals surface area contributed by atoms with E-state index in [2.05, 4.69) is 10.6 Å². The van der Waals surface area contributed by atoms with Crippen molar-refractivity contribution in [3.8, 4) is 0 Å². The number of hydrogen-bond acceptors (Lipinski definition) is 4. The van der Waals surface area contributed by atoms with Crippen LogP contribution < -0.4 is 10.6 Å². The van der Waals surface area contributed by atoms with Crippen molar-refractivity contribution >= 4 is 35.1 Å². The summed E-state index contributed by atoms with van der Waals surface area (Å²) in [7, 11) is 1.26. The maximum Gasteiger partial charge on any atom is 0.328 e. The minimum atomic E-state index is -0.876. The molecule has 136 valence electrons. The molecule has 2 amide bonds. The molecular formula is C19H19ClN2O4. The van der Waals surface area contributed by atoms with E-state index in [1.807, 2.05) is 0 Å². The molecule has 0 aromatic heterocycles. The molecule has 0 aliphatic carbocycles. The van der Waals surface area contributed by atoms with Gasteiger partial charge in [-0.2, -0.15) is 0 Å². The lowest BCUT2D eigenvalue weighted by molar-refractivity contribution is -0.142. The van der Waals surface area contributed by atoms with E-state index in [0.29, 0.717) is 10.7 Å². The van der Waals surface area contributed by atoms with Crippen LogP contribution in [0, 0.1) is 0 Å². The van der Waals surface area contributed by atoms with Crippen LogP contribution in [-0.4, -0.2) is 30.9 Å². The molecule has 0 saturated carbocycles. The number of para-hydroxylation sites is 1. The lowest BCUT2D eigenvalue weighted by atomic mass is 10.0. The van der Waals surface area contributed by atoms with Crippen molar-refractivity contribution in [2.24, 2.45) is 0 Å². The van der Waals surface area contributed by atoms with Crippen LogP contribution in [0.2, 0.25) is 5.02 Å². The van der Waals surface area contributed by atoms with Crippen LogP contribution >= 0.6 is 11.6 Å². The van der Waals surface area contributed by atoms with E-state index in [9.17, 15) is 14.4 Å². The maximum absolute atomic E-state index is 12.6. The maximum atomic E-state index is 12.6. The standard InChI is InChI=1S/C19H19ClN2O4/c1-12(23)21-16-6-4-3-5-15(16)18(24)22-17(19(25)26-2)11-13-7-9-14(20)10-8-13/h3-10,17H,11H2,1-2H3,(H,21,23)(H,22,24)/t17-/m0/s1. The molecule has 0 saturated heterocycles. The Bertz CT molecular complexity index is 805. The van der Waals surface area contributed by atoms with Crippen LogP contribution in [0.1, 0.15) is 22.8 Å². The average Bonchev–Trinajstić information content (AvgIpc) is 2.62. The summed E-state index contributed by atoms with van der Waals surface area (Å²) in [6.07, 6.45) is 0.248. The van der Waals surface area contributed by atoms with E-state index in [-0.39, 0.29) is 17.9 Å². The topological polar surface area (TPSA) is 84.5 Å². The van der Waals surface area contributed by atoms with E-state index in [1.54, 1.807) is 48.5 Å². The summed E-state index contributed by atoms with van der Waals surface area (Å²) in [6, 6.07) is 12.6. The smallest absolute Gasteiger partial charge is 0.328 e. The SMILES string of the molecule is COC(=O)[C@H](Cc1ccc(Cl)cc1)NC(=O)c1ccccc1NC(C)=O. The molecular weight excluding hydrogens is 356 g/mol. The van der Waals surface area contributed by atoms with Crippen molar-refractivity contribution in [2.75, 3.05) is 12.4 Å². The highest BCUT2D eigenvalue weighted by Crippen LogP contribution is 2.16. The first kappa shape index (κ1) is 19.5. The second-order valence-corrected chi connectivity index (χ2v) is 6.04.